The quantitative estimate of drug-likeness (QED) is 0.900. The number of nitrogens with two attached hydrogens (primary N) is 1. The Labute approximate surface area is 142 Å². The zero-order valence-electron chi connectivity index (χ0n) is 13.5. The number of aromatic nitrogens is 2. The van der Waals surface area contributed by atoms with Crippen LogP contribution in [0.2, 0.25) is 0 Å². The van der Waals surface area contributed by atoms with Crippen molar-refractivity contribution in [3.05, 3.63) is 46.8 Å². The van der Waals surface area contributed by atoms with Crippen molar-refractivity contribution in [1.29, 1.82) is 0 Å². The van der Waals surface area contributed by atoms with E-state index in [0.717, 1.165) is 36.2 Å². The maximum atomic E-state index is 12.4. The zero-order valence-corrected chi connectivity index (χ0v) is 14.3. The first-order valence-electron chi connectivity index (χ1n) is 7.79. The summed E-state index contributed by atoms with van der Waals surface area (Å²) in [7, 11) is 0. The first-order chi connectivity index (χ1) is 10.6. The number of halogens is 1. The SMILES string of the molecule is Cc1ccc(-n2nc(C(=O)N[C@@H](C)CN)c3c2CCC3)cc1.Cl. The lowest BCUT2D eigenvalue weighted by molar-refractivity contribution is 0.0935. The number of nitrogens with one attached hydrogen (secondary N) is 1. The molecule has 0 spiro atoms. The van der Waals surface area contributed by atoms with Crippen LogP contribution in [0.15, 0.2) is 24.3 Å². The van der Waals surface area contributed by atoms with Crippen LogP contribution in [-0.2, 0) is 12.8 Å². The number of carbonyl (C=O) groups is 1. The van der Waals surface area contributed by atoms with Gasteiger partial charge in [0.2, 0.25) is 0 Å². The van der Waals surface area contributed by atoms with Crippen LogP contribution >= 0.6 is 12.4 Å². The fourth-order valence-corrected chi connectivity index (χ4v) is 2.87. The highest BCUT2D eigenvalue weighted by Gasteiger charge is 2.27. The van der Waals surface area contributed by atoms with Crippen LogP contribution in [0.5, 0.6) is 0 Å². The first kappa shape index (κ1) is 17.5. The molecule has 2 aromatic rings. The van der Waals surface area contributed by atoms with Crippen molar-refractivity contribution in [2.75, 3.05) is 6.54 Å². The molecule has 3 rings (SSSR count). The monoisotopic (exact) mass is 334 g/mol. The number of carbonyl (C=O) groups excluding carboxylic acids is 1. The Kier molecular flexibility index (Phi) is 5.44. The molecule has 124 valence electrons. The molecule has 6 heteroatoms. The van der Waals surface area contributed by atoms with E-state index in [4.69, 9.17) is 5.73 Å². The average molecular weight is 335 g/mol. The number of hydrogen-bond donors (Lipinski definition) is 2. The van der Waals surface area contributed by atoms with E-state index in [2.05, 4.69) is 29.5 Å². The second kappa shape index (κ2) is 7.15. The highest BCUT2D eigenvalue weighted by molar-refractivity contribution is 5.94. The van der Waals surface area contributed by atoms with E-state index in [1.54, 1.807) is 0 Å². The van der Waals surface area contributed by atoms with Gasteiger partial charge in [0.1, 0.15) is 0 Å². The normalized spacial score (nSPS) is 14.0. The van der Waals surface area contributed by atoms with Gasteiger partial charge < -0.3 is 11.1 Å². The largest absolute Gasteiger partial charge is 0.347 e. The molecular weight excluding hydrogens is 312 g/mol. The molecule has 0 unspecified atom stereocenters. The highest BCUT2D eigenvalue weighted by atomic mass is 35.5. The Bertz CT molecular complexity index is 693. The average Bonchev–Trinajstić information content (AvgIpc) is 3.10. The summed E-state index contributed by atoms with van der Waals surface area (Å²) >= 11 is 0. The lowest BCUT2D eigenvalue weighted by atomic mass is 10.2. The molecular formula is C17H23ClN4O. The molecule has 0 saturated heterocycles. The smallest absolute Gasteiger partial charge is 0.272 e. The molecule has 1 aliphatic rings. The minimum Gasteiger partial charge on any atom is -0.347 e. The number of fused-ring (bicyclic) bond motifs is 1. The molecule has 1 atom stereocenters. The predicted molar refractivity (Wildman–Crippen MR) is 93.6 cm³/mol. The summed E-state index contributed by atoms with van der Waals surface area (Å²) in [5.74, 6) is -0.123. The van der Waals surface area contributed by atoms with Crippen LogP contribution in [0, 0.1) is 6.92 Å². The second-order valence-corrected chi connectivity index (χ2v) is 5.98. The van der Waals surface area contributed by atoms with Gasteiger partial charge in [-0.05, 0) is 45.2 Å². The summed E-state index contributed by atoms with van der Waals surface area (Å²) in [6.45, 7) is 4.38. The van der Waals surface area contributed by atoms with Crippen LogP contribution < -0.4 is 11.1 Å². The molecule has 1 aromatic heterocycles. The Morgan fingerprint density at radius 1 is 1.35 bits per heavy atom. The van der Waals surface area contributed by atoms with Gasteiger partial charge in [0.25, 0.3) is 5.91 Å². The summed E-state index contributed by atoms with van der Waals surface area (Å²) in [6.07, 6.45) is 2.96. The maximum Gasteiger partial charge on any atom is 0.272 e. The number of rotatable bonds is 4. The third kappa shape index (κ3) is 3.41. The van der Waals surface area contributed by atoms with Crippen LogP contribution in [0.3, 0.4) is 0 Å². The minimum absolute atomic E-state index is 0. The standard InChI is InChI=1S/C17H22N4O.ClH/c1-11-6-8-13(9-7-11)21-15-5-3-4-14(15)16(20-21)17(22)19-12(2)10-18;/h6-9,12H,3-5,10,18H2,1-2H3,(H,19,22);1H/t12-;/m0./s1. The molecule has 3 N–H and O–H groups in total. The number of nitrogens with zero attached hydrogens (tertiary/aromatic N) is 2. The van der Waals surface area contributed by atoms with Crippen molar-refractivity contribution >= 4 is 18.3 Å². The Morgan fingerprint density at radius 2 is 2.04 bits per heavy atom. The molecule has 1 aromatic carbocycles. The molecule has 0 radical (unpaired) electrons. The highest BCUT2D eigenvalue weighted by Crippen LogP contribution is 2.27. The van der Waals surface area contributed by atoms with E-state index >= 15 is 0 Å². The summed E-state index contributed by atoms with van der Waals surface area (Å²) < 4.78 is 1.92. The zero-order chi connectivity index (χ0) is 15.7. The number of aryl methyl sites for hydroxylation is 1. The van der Waals surface area contributed by atoms with Crippen LogP contribution in [0.25, 0.3) is 5.69 Å². The van der Waals surface area contributed by atoms with Crippen LogP contribution in [-0.4, -0.2) is 28.3 Å². The van der Waals surface area contributed by atoms with E-state index in [9.17, 15) is 4.79 Å². The molecule has 0 bridgehead atoms. The number of amides is 1. The molecule has 0 saturated carbocycles. The van der Waals surface area contributed by atoms with Gasteiger partial charge in [0.05, 0.1) is 5.69 Å². The van der Waals surface area contributed by atoms with Gasteiger partial charge in [-0.15, -0.1) is 12.4 Å². The molecule has 0 aliphatic heterocycles. The fraction of sp³-hybridized carbons (Fsp3) is 0.412. The first-order valence-corrected chi connectivity index (χ1v) is 7.79. The van der Waals surface area contributed by atoms with Gasteiger partial charge >= 0.3 is 0 Å². The molecule has 0 fully saturated rings. The molecule has 23 heavy (non-hydrogen) atoms. The van der Waals surface area contributed by atoms with Gasteiger partial charge in [-0.25, -0.2) is 4.68 Å². The topological polar surface area (TPSA) is 72.9 Å². The van der Waals surface area contributed by atoms with Gasteiger partial charge in [-0.1, -0.05) is 17.7 Å². The van der Waals surface area contributed by atoms with Crippen molar-refractivity contribution in [3.63, 3.8) is 0 Å². The summed E-state index contributed by atoms with van der Waals surface area (Å²) in [5.41, 5.74) is 10.6. The fourth-order valence-electron chi connectivity index (χ4n) is 2.87. The van der Waals surface area contributed by atoms with E-state index in [0.29, 0.717) is 12.2 Å². The molecule has 1 amide bonds. The summed E-state index contributed by atoms with van der Waals surface area (Å²) in [4.78, 5) is 12.4. The molecule has 1 aliphatic carbocycles. The maximum absolute atomic E-state index is 12.4. The second-order valence-electron chi connectivity index (χ2n) is 5.98. The Balaban J connectivity index is 0.00000192. The lowest BCUT2D eigenvalue weighted by Crippen LogP contribution is -2.38. The predicted octanol–water partition coefficient (Wildman–Crippen LogP) is 2.17. The van der Waals surface area contributed by atoms with Crippen molar-refractivity contribution in [1.82, 2.24) is 15.1 Å². The van der Waals surface area contributed by atoms with E-state index in [-0.39, 0.29) is 24.4 Å². The van der Waals surface area contributed by atoms with Crippen molar-refractivity contribution in [2.24, 2.45) is 5.73 Å². The van der Waals surface area contributed by atoms with Gasteiger partial charge in [-0.3, -0.25) is 4.79 Å². The van der Waals surface area contributed by atoms with E-state index < -0.39 is 0 Å². The molecule has 5 nitrogen and oxygen atoms in total. The van der Waals surface area contributed by atoms with Crippen molar-refractivity contribution in [2.45, 2.75) is 39.2 Å². The third-order valence-electron chi connectivity index (χ3n) is 4.15. The van der Waals surface area contributed by atoms with E-state index in [1.807, 2.05) is 23.7 Å². The van der Waals surface area contributed by atoms with Crippen molar-refractivity contribution in [3.8, 4) is 5.69 Å². The lowest BCUT2D eigenvalue weighted by Gasteiger charge is -2.10. The van der Waals surface area contributed by atoms with Crippen LogP contribution in [0.1, 0.15) is 40.7 Å². The van der Waals surface area contributed by atoms with Crippen molar-refractivity contribution < 1.29 is 4.79 Å². The van der Waals surface area contributed by atoms with Crippen LogP contribution in [0.4, 0.5) is 0 Å². The minimum atomic E-state index is -0.123. The third-order valence-corrected chi connectivity index (χ3v) is 4.15. The Hall–Kier alpha value is -1.85. The summed E-state index contributed by atoms with van der Waals surface area (Å²) in [5, 5.41) is 7.49. The number of hydrogen-bond acceptors (Lipinski definition) is 3. The number of benzene rings is 1. The van der Waals surface area contributed by atoms with E-state index in [1.165, 1.54) is 5.56 Å². The van der Waals surface area contributed by atoms with Gasteiger partial charge in [0, 0.05) is 23.8 Å². The Morgan fingerprint density at radius 3 is 2.70 bits per heavy atom. The molecule has 1 heterocycles. The van der Waals surface area contributed by atoms with Gasteiger partial charge in [0.15, 0.2) is 5.69 Å². The summed E-state index contributed by atoms with van der Waals surface area (Å²) in [6, 6.07) is 8.17. The van der Waals surface area contributed by atoms with Gasteiger partial charge in [-0.2, -0.15) is 5.10 Å².